The molecule has 2 rings (SSSR count). The van der Waals surface area contributed by atoms with Crippen molar-refractivity contribution in [3.63, 3.8) is 0 Å². The van der Waals surface area contributed by atoms with Gasteiger partial charge in [-0.3, -0.25) is 9.59 Å². The van der Waals surface area contributed by atoms with E-state index in [0.717, 1.165) is 12.0 Å². The maximum Gasteiger partial charge on any atom is 0.311 e. The molecule has 5 nitrogen and oxygen atoms in total. The van der Waals surface area contributed by atoms with Gasteiger partial charge in [-0.25, -0.2) is 0 Å². The molecule has 1 aliphatic carbocycles. The predicted molar refractivity (Wildman–Crippen MR) is 82.6 cm³/mol. The topological polar surface area (TPSA) is 94.8 Å². The lowest BCUT2D eigenvalue weighted by Gasteiger charge is -2.19. The quantitative estimate of drug-likeness (QED) is 0.743. The highest BCUT2D eigenvalue weighted by molar-refractivity contribution is 5.81. The van der Waals surface area contributed by atoms with Crippen molar-refractivity contribution in [1.29, 1.82) is 0 Å². The molecule has 0 aromatic heterocycles. The number of rotatable bonds is 4. The van der Waals surface area contributed by atoms with Gasteiger partial charge in [0.1, 0.15) is 5.75 Å². The number of hydrogen-bond acceptors (Lipinski definition) is 3. The van der Waals surface area contributed by atoms with Gasteiger partial charge in [-0.15, -0.1) is 6.58 Å². The van der Waals surface area contributed by atoms with Crippen LogP contribution in [-0.2, 0) is 16.0 Å². The number of phenols is 1. The summed E-state index contributed by atoms with van der Waals surface area (Å²) >= 11 is 0. The monoisotopic (exact) mass is 304 g/mol. The van der Waals surface area contributed by atoms with Gasteiger partial charge in [0.25, 0.3) is 0 Å². The van der Waals surface area contributed by atoms with Crippen molar-refractivity contribution in [3.05, 3.63) is 54.6 Å². The van der Waals surface area contributed by atoms with Gasteiger partial charge in [0.05, 0.1) is 11.8 Å². The molecule has 2 unspecified atom stereocenters. The molecule has 3 N–H and O–H groups in total. The lowest BCUT2D eigenvalue weighted by atomic mass is 9.84. The maximum absolute atomic E-state index is 10.6. The summed E-state index contributed by atoms with van der Waals surface area (Å²) in [6, 6.07) is 7.27. The van der Waals surface area contributed by atoms with Crippen molar-refractivity contribution in [1.82, 2.24) is 0 Å². The van der Waals surface area contributed by atoms with Crippen LogP contribution in [-0.4, -0.2) is 27.3 Å². The fourth-order valence-electron chi connectivity index (χ4n) is 2.20. The average Bonchev–Trinajstić information content (AvgIpc) is 2.50. The molecule has 0 saturated heterocycles. The third-order valence-corrected chi connectivity index (χ3v) is 3.38. The van der Waals surface area contributed by atoms with Crippen molar-refractivity contribution in [2.75, 3.05) is 0 Å². The minimum absolute atomic E-state index is 0.349. The minimum Gasteiger partial charge on any atom is -0.508 e. The number of allylic oxidation sites excluding steroid dienone is 2. The van der Waals surface area contributed by atoms with Gasteiger partial charge < -0.3 is 15.3 Å². The van der Waals surface area contributed by atoms with Crippen LogP contribution in [0.2, 0.25) is 0 Å². The summed E-state index contributed by atoms with van der Waals surface area (Å²) < 4.78 is 0. The van der Waals surface area contributed by atoms with E-state index in [2.05, 4.69) is 6.58 Å². The first-order valence-corrected chi connectivity index (χ1v) is 6.97. The molecule has 1 aromatic carbocycles. The second-order valence-corrected chi connectivity index (χ2v) is 4.94. The predicted octanol–water partition coefficient (Wildman–Crippen LogP) is 2.86. The smallest absolute Gasteiger partial charge is 0.311 e. The molecule has 118 valence electrons. The van der Waals surface area contributed by atoms with Gasteiger partial charge in [0, 0.05) is 0 Å². The lowest BCUT2D eigenvalue weighted by molar-refractivity contribution is -0.152. The van der Waals surface area contributed by atoms with Crippen LogP contribution in [0, 0.1) is 11.8 Å². The van der Waals surface area contributed by atoms with Crippen LogP contribution in [0.25, 0.3) is 0 Å². The van der Waals surface area contributed by atoms with Crippen molar-refractivity contribution < 1.29 is 24.9 Å². The summed E-state index contributed by atoms with van der Waals surface area (Å²) in [5.41, 5.74) is 0.928. The Bertz CT molecular complexity index is 562. The molecule has 0 heterocycles. The van der Waals surface area contributed by atoms with E-state index in [0.29, 0.717) is 18.6 Å². The molecule has 0 spiro atoms. The van der Waals surface area contributed by atoms with E-state index in [-0.39, 0.29) is 0 Å². The molecule has 0 bridgehead atoms. The first-order chi connectivity index (χ1) is 10.5. The van der Waals surface area contributed by atoms with Crippen LogP contribution < -0.4 is 0 Å². The van der Waals surface area contributed by atoms with E-state index in [1.807, 2.05) is 18.2 Å². The summed E-state index contributed by atoms with van der Waals surface area (Å²) in [7, 11) is 0. The molecule has 5 heteroatoms. The van der Waals surface area contributed by atoms with Crippen molar-refractivity contribution >= 4 is 11.9 Å². The third-order valence-electron chi connectivity index (χ3n) is 3.38. The number of phenolic OH excluding ortho intramolecular Hbond substituents is 1. The molecule has 2 atom stereocenters. The number of para-hydroxylation sites is 1. The molecule has 0 aliphatic heterocycles. The molecule has 0 radical (unpaired) electrons. The van der Waals surface area contributed by atoms with Gasteiger partial charge >= 0.3 is 11.9 Å². The Morgan fingerprint density at radius 2 is 1.91 bits per heavy atom. The van der Waals surface area contributed by atoms with E-state index in [1.165, 1.54) is 6.08 Å². The Kier molecular flexibility index (Phi) is 6.89. The Labute approximate surface area is 129 Å². The van der Waals surface area contributed by atoms with E-state index in [9.17, 15) is 14.7 Å². The van der Waals surface area contributed by atoms with E-state index < -0.39 is 23.8 Å². The fourth-order valence-corrected chi connectivity index (χ4v) is 2.20. The highest BCUT2D eigenvalue weighted by Crippen LogP contribution is 2.25. The van der Waals surface area contributed by atoms with Crippen molar-refractivity contribution in [3.8, 4) is 5.75 Å². The van der Waals surface area contributed by atoms with Crippen molar-refractivity contribution in [2.45, 2.75) is 19.3 Å². The first kappa shape index (κ1) is 17.5. The zero-order valence-electron chi connectivity index (χ0n) is 12.2. The standard InChI is InChI=1S/C9H10O.C8H10O4/c1-2-5-8-6-3-4-7-9(8)10;9-7(10)5-3-1-2-4-6(5)8(11)12/h2-4,6-7,10H,1,5H2;1,3,5-6H,2,4H2,(H,9,10)(H,11,12). The number of aliphatic carboxylic acids is 2. The number of hydrogen-bond donors (Lipinski definition) is 3. The maximum atomic E-state index is 10.6. The molecule has 0 amide bonds. The minimum atomic E-state index is -1.06. The van der Waals surface area contributed by atoms with Crippen LogP contribution in [0.1, 0.15) is 18.4 Å². The number of benzene rings is 1. The number of carboxylic acid groups (broad SMARTS) is 2. The van der Waals surface area contributed by atoms with Gasteiger partial charge in [-0.1, -0.05) is 36.4 Å². The SMILES string of the molecule is C=CCc1ccccc1O.O=C(O)C1C=CCCC1C(=O)O. The number of carbonyl (C=O) groups is 2. The zero-order chi connectivity index (χ0) is 16.5. The van der Waals surface area contributed by atoms with E-state index >= 15 is 0 Å². The number of carboxylic acids is 2. The molecule has 0 saturated carbocycles. The van der Waals surface area contributed by atoms with Crippen LogP contribution >= 0.6 is 0 Å². The molecular formula is C17H20O5. The average molecular weight is 304 g/mol. The second kappa shape index (κ2) is 8.67. The first-order valence-electron chi connectivity index (χ1n) is 6.97. The van der Waals surface area contributed by atoms with E-state index in [4.69, 9.17) is 10.2 Å². The lowest BCUT2D eigenvalue weighted by Crippen LogP contribution is -2.30. The zero-order valence-corrected chi connectivity index (χ0v) is 12.2. The second-order valence-electron chi connectivity index (χ2n) is 4.94. The van der Waals surface area contributed by atoms with Gasteiger partial charge in [0.15, 0.2) is 0 Å². The Balaban J connectivity index is 0.000000224. The molecule has 1 aromatic rings. The van der Waals surface area contributed by atoms with Gasteiger partial charge in [-0.05, 0) is 30.9 Å². The van der Waals surface area contributed by atoms with E-state index in [1.54, 1.807) is 18.2 Å². The Morgan fingerprint density at radius 3 is 2.41 bits per heavy atom. The third kappa shape index (κ3) is 5.09. The fraction of sp³-hybridized carbons (Fsp3) is 0.294. The highest BCUT2D eigenvalue weighted by Gasteiger charge is 2.32. The summed E-state index contributed by atoms with van der Waals surface area (Å²) in [5, 5.41) is 26.5. The molecular weight excluding hydrogens is 284 g/mol. The van der Waals surface area contributed by atoms with Crippen LogP contribution in [0.15, 0.2) is 49.1 Å². The Morgan fingerprint density at radius 1 is 1.23 bits per heavy atom. The summed E-state index contributed by atoms with van der Waals surface area (Å²) in [5.74, 6) is -3.34. The van der Waals surface area contributed by atoms with Crippen molar-refractivity contribution in [2.24, 2.45) is 11.8 Å². The van der Waals surface area contributed by atoms with Crippen LogP contribution in [0.3, 0.4) is 0 Å². The largest absolute Gasteiger partial charge is 0.508 e. The van der Waals surface area contributed by atoms with Crippen LogP contribution in [0.4, 0.5) is 0 Å². The summed E-state index contributed by atoms with van der Waals surface area (Å²) in [6.45, 7) is 3.59. The Hall–Kier alpha value is -2.56. The molecule has 0 fully saturated rings. The number of aromatic hydroxyl groups is 1. The normalized spacial score (nSPS) is 19.6. The molecule has 1 aliphatic rings. The summed E-state index contributed by atoms with van der Waals surface area (Å²) in [4.78, 5) is 21.1. The molecule has 22 heavy (non-hydrogen) atoms. The van der Waals surface area contributed by atoms with Gasteiger partial charge in [0.2, 0.25) is 0 Å². The van der Waals surface area contributed by atoms with Crippen LogP contribution in [0.5, 0.6) is 5.75 Å². The summed E-state index contributed by atoms with van der Waals surface area (Å²) in [6.07, 6.45) is 6.76. The van der Waals surface area contributed by atoms with Gasteiger partial charge in [-0.2, -0.15) is 0 Å². The highest BCUT2D eigenvalue weighted by atomic mass is 16.4.